The highest BCUT2D eigenvalue weighted by Gasteiger charge is 2.24. The van der Waals surface area contributed by atoms with Crippen LogP contribution in [0.1, 0.15) is 23.7 Å². The van der Waals surface area contributed by atoms with Crippen LogP contribution >= 0.6 is 11.3 Å². The number of hydrogen-bond acceptors (Lipinski definition) is 8. The van der Waals surface area contributed by atoms with Crippen molar-refractivity contribution in [2.75, 3.05) is 31.6 Å². The lowest BCUT2D eigenvalue weighted by molar-refractivity contribution is 0.0524. The number of anilines is 1. The van der Waals surface area contributed by atoms with Crippen molar-refractivity contribution < 1.29 is 9.53 Å². The molecular formula is C19H21N5O3S. The summed E-state index contributed by atoms with van der Waals surface area (Å²) >= 11 is 1.41. The molecular weight excluding hydrogens is 378 g/mol. The monoisotopic (exact) mass is 399 g/mol. The predicted octanol–water partition coefficient (Wildman–Crippen LogP) is 1.82. The fraction of sp³-hybridized carbons (Fsp3) is 0.368. The van der Waals surface area contributed by atoms with Crippen LogP contribution in [0, 0.1) is 0 Å². The molecule has 0 aliphatic carbocycles. The molecule has 0 amide bonds. The number of aromatic nitrogens is 3. The second-order valence-corrected chi connectivity index (χ2v) is 7.41. The van der Waals surface area contributed by atoms with E-state index in [1.54, 1.807) is 23.8 Å². The second kappa shape index (κ2) is 7.69. The predicted molar refractivity (Wildman–Crippen MR) is 109 cm³/mol. The highest BCUT2D eigenvalue weighted by atomic mass is 32.1. The molecule has 28 heavy (non-hydrogen) atoms. The molecule has 1 aliphatic rings. The third-order valence-electron chi connectivity index (χ3n) is 4.88. The Morgan fingerprint density at radius 3 is 2.96 bits per heavy atom. The smallest absolute Gasteiger partial charge is 0.343 e. The van der Waals surface area contributed by atoms with Crippen LogP contribution in [0.4, 0.5) is 5.82 Å². The van der Waals surface area contributed by atoms with E-state index in [2.05, 4.69) is 15.2 Å². The van der Waals surface area contributed by atoms with E-state index < -0.39 is 5.97 Å². The zero-order valence-corrected chi connectivity index (χ0v) is 16.5. The van der Waals surface area contributed by atoms with E-state index >= 15 is 0 Å². The summed E-state index contributed by atoms with van der Waals surface area (Å²) in [5.74, 6) is 0.166. The molecule has 3 aromatic heterocycles. The topological polar surface area (TPSA) is 89.3 Å². The normalized spacial score (nSPS) is 16.6. The lowest BCUT2D eigenvalue weighted by Crippen LogP contribution is -2.30. The van der Waals surface area contributed by atoms with Crippen molar-refractivity contribution in [3.63, 3.8) is 0 Å². The summed E-state index contributed by atoms with van der Waals surface area (Å²) in [5, 5.41) is 6.13. The number of hydrogen-bond donors (Lipinski definition) is 1. The Morgan fingerprint density at radius 2 is 2.29 bits per heavy atom. The maximum Gasteiger partial charge on any atom is 0.343 e. The fourth-order valence-corrected chi connectivity index (χ4v) is 4.03. The Hall–Kier alpha value is -2.78. The first-order valence-electron chi connectivity index (χ1n) is 9.18. The van der Waals surface area contributed by atoms with E-state index in [9.17, 15) is 9.59 Å². The lowest BCUT2D eigenvalue weighted by atomic mass is 10.2. The molecule has 1 atom stereocenters. The number of fused-ring (bicyclic) bond motifs is 1. The Bertz CT molecular complexity index is 1060. The van der Waals surface area contributed by atoms with Crippen LogP contribution in [0.15, 0.2) is 34.7 Å². The highest BCUT2D eigenvalue weighted by molar-refractivity contribution is 7.12. The minimum Gasteiger partial charge on any atom is -0.462 e. The molecule has 1 aliphatic heterocycles. The molecule has 9 heteroatoms. The van der Waals surface area contributed by atoms with Crippen LogP contribution in [0.3, 0.4) is 0 Å². The van der Waals surface area contributed by atoms with Crippen LogP contribution in [0.5, 0.6) is 0 Å². The summed E-state index contributed by atoms with van der Waals surface area (Å²) in [7, 11) is 1.96. The zero-order chi connectivity index (χ0) is 19.7. The molecule has 0 aromatic carbocycles. The molecule has 0 bridgehead atoms. The van der Waals surface area contributed by atoms with Gasteiger partial charge in [-0.25, -0.2) is 14.8 Å². The molecule has 146 valence electrons. The van der Waals surface area contributed by atoms with Gasteiger partial charge in [0.15, 0.2) is 10.8 Å². The van der Waals surface area contributed by atoms with E-state index in [1.807, 2.05) is 18.5 Å². The summed E-state index contributed by atoms with van der Waals surface area (Å²) in [4.78, 5) is 36.5. The first-order chi connectivity index (χ1) is 13.6. The third kappa shape index (κ3) is 3.27. The van der Waals surface area contributed by atoms with Crippen molar-refractivity contribution in [1.82, 2.24) is 19.9 Å². The number of likely N-dealkylation sites (N-methyl/N-ethyl adjacent to an activating group) is 1. The molecule has 0 spiro atoms. The van der Waals surface area contributed by atoms with E-state index in [0.29, 0.717) is 22.2 Å². The molecule has 0 radical (unpaired) electrons. The van der Waals surface area contributed by atoms with Crippen LogP contribution in [0.25, 0.3) is 16.2 Å². The Kier molecular flexibility index (Phi) is 5.10. The van der Waals surface area contributed by atoms with E-state index in [-0.39, 0.29) is 17.6 Å². The molecule has 8 nitrogen and oxygen atoms in total. The van der Waals surface area contributed by atoms with E-state index in [1.165, 1.54) is 17.5 Å². The summed E-state index contributed by atoms with van der Waals surface area (Å²) in [6.07, 6.45) is 4.20. The van der Waals surface area contributed by atoms with Gasteiger partial charge in [-0.1, -0.05) is 0 Å². The summed E-state index contributed by atoms with van der Waals surface area (Å²) in [6, 6.07) is 3.99. The van der Waals surface area contributed by atoms with Crippen molar-refractivity contribution >= 4 is 34.2 Å². The van der Waals surface area contributed by atoms with Crippen molar-refractivity contribution in [3.05, 3.63) is 45.7 Å². The number of esters is 1. The first kappa shape index (κ1) is 18.6. The van der Waals surface area contributed by atoms with Gasteiger partial charge in [-0.15, -0.1) is 11.3 Å². The largest absolute Gasteiger partial charge is 0.462 e. The molecule has 1 saturated heterocycles. The maximum atomic E-state index is 12.9. The molecule has 4 heterocycles. The molecule has 3 aromatic rings. The number of nitrogens with one attached hydrogen (secondary N) is 1. The maximum absolute atomic E-state index is 12.9. The standard InChI is InChI=1S/C19H21N5O3S/c1-3-27-18(26)14-11-24(19-21-7-9-28-19)17-13(16(14)25)4-5-15(22-17)23-8-6-12(10-23)20-2/h4-5,7,9,11-12,20H,3,6,8,10H2,1-2H3/t12-/m1/s1. The first-order valence-corrected chi connectivity index (χ1v) is 10.1. The van der Waals surface area contributed by atoms with Crippen molar-refractivity contribution in [3.8, 4) is 5.13 Å². The number of carbonyl (C=O) groups excluding carboxylic acids is 1. The number of ether oxygens (including phenoxy) is 1. The lowest BCUT2D eigenvalue weighted by Gasteiger charge is -2.19. The van der Waals surface area contributed by atoms with Crippen LogP contribution in [-0.2, 0) is 4.74 Å². The number of thiazole rings is 1. The molecule has 1 fully saturated rings. The van der Waals surface area contributed by atoms with Crippen LogP contribution < -0.4 is 15.6 Å². The van der Waals surface area contributed by atoms with Gasteiger partial charge in [-0.2, -0.15) is 0 Å². The molecule has 4 rings (SSSR count). The Labute approximate surface area is 165 Å². The van der Waals surface area contributed by atoms with Crippen molar-refractivity contribution in [2.45, 2.75) is 19.4 Å². The van der Waals surface area contributed by atoms with Crippen molar-refractivity contribution in [2.24, 2.45) is 0 Å². The second-order valence-electron chi connectivity index (χ2n) is 6.54. The SMILES string of the molecule is CCOC(=O)c1cn(-c2nccs2)c2nc(N3CC[C@@H](NC)C3)ccc2c1=O. The average molecular weight is 399 g/mol. The molecule has 0 saturated carbocycles. The average Bonchev–Trinajstić information content (AvgIpc) is 3.40. The minimum absolute atomic E-state index is 0.0180. The quantitative estimate of drug-likeness (QED) is 0.655. The summed E-state index contributed by atoms with van der Waals surface area (Å²) in [6.45, 7) is 3.66. The van der Waals surface area contributed by atoms with Gasteiger partial charge in [-0.3, -0.25) is 9.36 Å². The summed E-state index contributed by atoms with van der Waals surface area (Å²) in [5.41, 5.74) is 0.0868. The third-order valence-corrected chi connectivity index (χ3v) is 5.65. The number of rotatable bonds is 5. The van der Waals surface area contributed by atoms with Gasteiger partial charge in [0.25, 0.3) is 0 Å². The number of nitrogens with zero attached hydrogens (tertiary/aromatic N) is 4. The van der Waals surface area contributed by atoms with Gasteiger partial charge >= 0.3 is 5.97 Å². The number of carbonyl (C=O) groups is 1. The fourth-order valence-electron chi connectivity index (χ4n) is 3.41. The van der Waals surface area contributed by atoms with E-state index in [4.69, 9.17) is 9.72 Å². The molecule has 0 unspecified atom stereocenters. The van der Waals surface area contributed by atoms with Gasteiger partial charge in [0.2, 0.25) is 5.43 Å². The Balaban J connectivity index is 1.88. The highest BCUT2D eigenvalue weighted by Crippen LogP contribution is 2.23. The number of pyridine rings is 2. The van der Waals surface area contributed by atoms with Gasteiger partial charge < -0.3 is 15.0 Å². The van der Waals surface area contributed by atoms with Gasteiger partial charge in [0.05, 0.1) is 12.0 Å². The Morgan fingerprint density at radius 1 is 1.43 bits per heavy atom. The molecule has 1 N–H and O–H groups in total. The minimum atomic E-state index is -0.639. The summed E-state index contributed by atoms with van der Waals surface area (Å²) < 4.78 is 6.75. The van der Waals surface area contributed by atoms with Gasteiger partial charge in [0.1, 0.15) is 11.4 Å². The van der Waals surface area contributed by atoms with Gasteiger partial charge in [0, 0.05) is 36.9 Å². The van der Waals surface area contributed by atoms with Crippen LogP contribution in [-0.4, -0.2) is 53.3 Å². The van der Waals surface area contributed by atoms with E-state index in [0.717, 1.165) is 25.3 Å². The van der Waals surface area contributed by atoms with Crippen LogP contribution in [0.2, 0.25) is 0 Å². The van der Waals surface area contributed by atoms with Crippen molar-refractivity contribution in [1.29, 1.82) is 0 Å². The zero-order valence-electron chi connectivity index (χ0n) is 15.7. The van der Waals surface area contributed by atoms with Gasteiger partial charge in [-0.05, 0) is 32.5 Å².